The third-order valence-electron chi connectivity index (χ3n) is 3.28. The molecule has 0 saturated carbocycles. The smallest absolute Gasteiger partial charge is 0.289 e. The van der Waals surface area contributed by atoms with Gasteiger partial charge in [-0.1, -0.05) is 24.3 Å². The summed E-state index contributed by atoms with van der Waals surface area (Å²) in [7, 11) is -3.11. The first-order chi connectivity index (χ1) is 11.8. The van der Waals surface area contributed by atoms with Gasteiger partial charge in [-0.25, -0.2) is 8.42 Å². The highest BCUT2D eigenvalue weighted by Crippen LogP contribution is 2.34. The second-order valence-corrected chi connectivity index (χ2v) is 6.71. The van der Waals surface area contributed by atoms with Crippen molar-refractivity contribution in [1.29, 1.82) is 0 Å². The fraction of sp³-hybridized carbons (Fsp3) is 0.133. The Morgan fingerprint density at radius 2 is 1.80 bits per heavy atom. The zero-order valence-corrected chi connectivity index (χ0v) is 14.0. The maximum atomic E-state index is 13.0. The Hall–Kier alpha value is -3.14. The molecule has 0 aromatic heterocycles. The predicted octanol–water partition coefficient (Wildman–Crippen LogP) is 1.28. The van der Waals surface area contributed by atoms with Crippen molar-refractivity contribution in [3.05, 3.63) is 58.6 Å². The van der Waals surface area contributed by atoms with Crippen LogP contribution in [0.2, 0.25) is 0 Å². The molecule has 0 radical (unpaired) electrons. The molecule has 0 atom stereocenters. The molecule has 2 rings (SSSR count). The first-order valence-corrected chi connectivity index (χ1v) is 8.40. The normalized spacial score (nSPS) is 10.9. The number of hydrogen-bond acceptors (Lipinski definition) is 6. The summed E-state index contributed by atoms with van der Waals surface area (Å²) >= 11 is 0. The van der Waals surface area contributed by atoms with Gasteiger partial charge in [0, 0.05) is 6.07 Å². The van der Waals surface area contributed by atoms with Crippen molar-refractivity contribution >= 4 is 27.3 Å². The fourth-order valence-electron chi connectivity index (χ4n) is 2.22. The van der Waals surface area contributed by atoms with Crippen LogP contribution in [0.5, 0.6) is 5.75 Å². The average molecular weight is 365 g/mol. The van der Waals surface area contributed by atoms with Crippen LogP contribution in [0, 0.1) is 10.1 Å². The van der Waals surface area contributed by atoms with E-state index in [1.54, 1.807) is 12.1 Å². The molecule has 0 aliphatic heterocycles. The third kappa shape index (κ3) is 3.69. The highest BCUT2D eigenvalue weighted by Gasteiger charge is 2.33. The van der Waals surface area contributed by atoms with E-state index in [9.17, 15) is 23.3 Å². The lowest BCUT2D eigenvalue weighted by Crippen LogP contribution is -2.39. The van der Waals surface area contributed by atoms with Crippen LogP contribution in [0.4, 0.5) is 11.4 Å². The summed E-state index contributed by atoms with van der Waals surface area (Å²) < 4.78 is 31.9. The molecule has 0 spiro atoms. The number of methoxy groups -OCH3 is 1. The van der Waals surface area contributed by atoms with Crippen LogP contribution in [0.15, 0.2) is 53.4 Å². The molecule has 0 heterocycles. The van der Waals surface area contributed by atoms with E-state index in [0.717, 1.165) is 12.1 Å². The van der Waals surface area contributed by atoms with Crippen molar-refractivity contribution < 1.29 is 22.9 Å². The van der Waals surface area contributed by atoms with E-state index < -0.39 is 38.0 Å². The van der Waals surface area contributed by atoms with Crippen molar-refractivity contribution in [1.82, 2.24) is 0 Å². The number of anilines is 1. The Morgan fingerprint density at radius 3 is 2.40 bits per heavy atom. The maximum absolute atomic E-state index is 13.0. The lowest BCUT2D eigenvalue weighted by molar-refractivity contribution is -0.387. The molecule has 9 nitrogen and oxygen atoms in total. The largest absolute Gasteiger partial charge is 0.495 e. The van der Waals surface area contributed by atoms with E-state index in [0.29, 0.717) is 4.31 Å². The number of nitrogens with zero attached hydrogens (tertiary/aromatic N) is 2. The number of carbonyl (C=O) groups excluding carboxylic acids is 1. The zero-order valence-electron chi connectivity index (χ0n) is 13.2. The molecule has 0 saturated heterocycles. The van der Waals surface area contributed by atoms with Gasteiger partial charge in [0.2, 0.25) is 5.91 Å². The Balaban J connectivity index is 2.70. The van der Waals surface area contributed by atoms with Gasteiger partial charge >= 0.3 is 0 Å². The molecule has 10 heteroatoms. The number of carbonyl (C=O) groups is 1. The number of sulfonamides is 1. The van der Waals surface area contributed by atoms with Crippen LogP contribution >= 0.6 is 0 Å². The molecule has 0 unspecified atom stereocenters. The standard InChI is InChI=1S/C15H15N3O6S/c1-24-13-8-4-2-6-11(13)17(10-15(16)19)25(22,23)14-9-5-3-7-12(14)18(20)21/h2-9H,10H2,1H3,(H2,16,19). The van der Waals surface area contributed by atoms with Crippen LogP contribution in [-0.4, -0.2) is 32.9 Å². The molecule has 132 valence electrons. The summed E-state index contributed by atoms with van der Waals surface area (Å²) in [4.78, 5) is 21.2. The first kappa shape index (κ1) is 18.2. The van der Waals surface area contributed by atoms with Crippen molar-refractivity contribution in [2.75, 3.05) is 18.0 Å². The summed E-state index contributed by atoms with van der Waals surface area (Å²) in [5.41, 5.74) is 4.61. The molecule has 1 amide bonds. The van der Waals surface area contributed by atoms with E-state index in [4.69, 9.17) is 10.5 Å². The number of rotatable bonds is 7. The van der Waals surface area contributed by atoms with Gasteiger partial charge < -0.3 is 10.5 Å². The number of benzene rings is 2. The van der Waals surface area contributed by atoms with Gasteiger partial charge in [0.25, 0.3) is 15.7 Å². The van der Waals surface area contributed by atoms with Crippen molar-refractivity contribution in [3.8, 4) is 5.75 Å². The fourth-order valence-corrected chi connectivity index (χ4v) is 3.82. The summed E-state index contributed by atoms with van der Waals surface area (Å²) in [6.07, 6.45) is 0. The Bertz CT molecular complexity index is 913. The predicted molar refractivity (Wildman–Crippen MR) is 89.8 cm³/mol. The summed E-state index contributed by atoms with van der Waals surface area (Å²) in [5, 5.41) is 11.2. The second kappa shape index (κ2) is 7.18. The molecule has 2 aromatic rings. The Labute approximate surface area is 143 Å². The van der Waals surface area contributed by atoms with E-state index in [1.165, 1.54) is 31.4 Å². The van der Waals surface area contributed by atoms with E-state index in [-0.39, 0.29) is 11.4 Å². The Morgan fingerprint density at radius 1 is 1.20 bits per heavy atom. The number of ether oxygens (including phenoxy) is 1. The van der Waals surface area contributed by atoms with Gasteiger partial charge in [0.1, 0.15) is 12.3 Å². The summed E-state index contributed by atoms with van der Waals surface area (Å²) in [6.45, 7) is -0.700. The summed E-state index contributed by atoms with van der Waals surface area (Å²) in [5.74, 6) is -0.751. The highest BCUT2D eigenvalue weighted by molar-refractivity contribution is 7.93. The molecular formula is C15H15N3O6S. The minimum absolute atomic E-state index is 0.0435. The molecule has 2 aromatic carbocycles. The van der Waals surface area contributed by atoms with Gasteiger partial charge in [0.05, 0.1) is 17.7 Å². The van der Waals surface area contributed by atoms with E-state index in [2.05, 4.69) is 0 Å². The SMILES string of the molecule is COc1ccccc1N(CC(N)=O)S(=O)(=O)c1ccccc1[N+](=O)[O-]. The van der Waals surface area contributed by atoms with E-state index in [1.807, 2.05) is 0 Å². The van der Waals surface area contributed by atoms with Gasteiger partial charge in [-0.05, 0) is 18.2 Å². The monoisotopic (exact) mass is 365 g/mol. The average Bonchev–Trinajstić information content (AvgIpc) is 2.59. The number of nitrogens with two attached hydrogens (primary N) is 1. The number of nitro groups is 1. The van der Waals surface area contributed by atoms with Crippen LogP contribution in [-0.2, 0) is 14.8 Å². The second-order valence-electron chi connectivity index (χ2n) is 4.87. The minimum atomic E-state index is -4.45. The third-order valence-corrected chi connectivity index (χ3v) is 5.09. The molecule has 0 bridgehead atoms. The summed E-state index contributed by atoms with van der Waals surface area (Å²) in [6, 6.07) is 10.9. The van der Waals surface area contributed by atoms with E-state index >= 15 is 0 Å². The molecule has 2 N–H and O–H groups in total. The Kier molecular flexibility index (Phi) is 5.22. The molecule has 25 heavy (non-hydrogen) atoms. The van der Waals surface area contributed by atoms with Crippen LogP contribution in [0.25, 0.3) is 0 Å². The highest BCUT2D eigenvalue weighted by atomic mass is 32.2. The molecule has 0 fully saturated rings. The number of para-hydroxylation sites is 3. The van der Waals surface area contributed by atoms with Crippen molar-refractivity contribution in [2.24, 2.45) is 5.73 Å². The lowest BCUT2D eigenvalue weighted by Gasteiger charge is -2.24. The number of hydrogen-bond donors (Lipinski definition) is 1. The first-order valence-electron chi connectivity index (χ1n) is 6.96. The zero-order chi connectivity index (χ0) is 18.6. The van der Waals surface area contributed by atoms with Crippen molar-refractivity contribution in [3.63, 3.8) is 0 Å². The van der Waals surface area contributed by atoms with Crippen LogP contribution in [0.1, 0.15) is 0 Å². The maximum Gasteiger partial charge on any atom is 0.289 e. The number of nitro benzene ring substituents is 1. The molecular weight excluding hydrogens is 350 g/mol. The minimum Gasteiger partial charge on any atom is -0.495 e. The van der Waals surface area contributed by atoms with Gasteiger partial charge in [0.15, 0.2) is 4.90 Å². The quantitative estimate of drug-likeness (QED) is 0.580. The van der Waals surface area contributed by atoms with Gasteiger partial charge in [-0.3, -0.25) is 19.2 Å². The number of amides is 1. The number of primary amides is 1. The van der Waals surface area contributed by atoms with Gasteiger partial charge in [-0.15, -0.1) is 0 Å². The van der Waals surface area contributed by atoms with Crippen molar-refractivity contribution in [2.45, 2.75) is 4.90 Å². The molecule has 0 aliphatic carbocycles. The topological polar surface area (TPSA) is 133 Å². The molecule has 0 aliphatic rings. The lowest BCUT2D eigenvalue weighted by atomic mass is 10.3. The van der Waals surface area contributed by atoms with Crippen LogP contribution < -0.4 is 14.8 Å². The van der Waals surface area contributed by atoms with Gasteiger partial charge in [-0.2, -0.15) is 0 Å². The van der Waals surface area contributed by atoms with Crippen LogP contribution in [0.3, 0.4) is 0 Å².